The normalized spacial score (nSPS) is 21.6. The zero-order valence-corrected chi connectivity index (χ0v) is 16.6. The second kappa shape index (κ2) is 7.63. The van der Waals surface area contributed by atoms with Crippen LogP contribution in [0.5, 0.6) is 0 Å². The van der Waals surface area contributed by atoms with Crippen molar-refractivity contribution in [1.82, 2.24) is 20.0 Å². The molecule has 1 atom stereocenters. The fourth-order valence-corrected chi connectivity index (χ4v) is 4.45. The first-order chi connectivity index (χ1) is 14.6. The average molecular weight is 406 g/mol. The molecule has 1 saturated heterocycles. The first-order valence-electron chi connectivity index (χ1n) is 10.4. The van der Waals surface area contributed by atoms with E-state index in [9.17, 15) is 9.18 Å². The molecule has 3 aromatic rings. The average Bonchev–Trinajstić information content (AvgIpc) is 3.45. The first-order valence-corrected chi connectivity index (χ1v) is 10.4. The molecule has 2 aromatic heterocycles. The number of aromatic nitrogens is 3. The SMILES string of the molecule is O=C(c1ccncc1)N1CCCC(CC2CC2)(c2noc(-c3ccc(F)cc3)n2)C1. The molecule has 6 nitrogen and oxygen atoms in total. The van der Waals surface area contributed by atoms with Gasteiger partial charge in [0, 0.05) is 36.6 Å². The highest BCUT2D eigenvalue weighted by Gasteiger charge is 2.45. The molecule has 0 N–H and O–H groups in total. The molecule has 0 radical (unpaired) electrons. The lowest BCUT2D eigenvalue weighted by molar-refractivity contribution is 0.0607. The number of pyridine rings is 1. The number of carbonyl (C=O) groups is 1. The Balaban J connectivity index is 1.44. The van der Waals surface area contributed by atoms with E-state index in [1.807, 2.05) is 4.90 Å². The van der Waals surface area contributed by atoms with Crippen molar-refractivity contribution in [2.24, 2.45) is 5.92 Å². The van der Waals surface area contributed by atoms with Gasteiger partial charge in [0.2, 0.25) is 0 Å². The lowest BCUT2D eigenvalue weighted by atomic mass is 9.74. The van der Waals surface area contributed by atoms with Crippen LogP contribution < -0.4 is 0 Å². The van der Waals surface area contributed by atoms with E-state index in [0.717, 1.165) is 25.8 Å². The molecule has 3 heterocycles. The number of hydrogen-bond acceptors (Lipinski definition) is 5. The molecule has 7 heteroatoms. The van der Waals surface area contributed by atoms with Crippen molar-refractivity contribution in [1.29, 1.82) is 0 Å². The summed E-state index contributed by atoms with van der Waals surface area (Å²) in [6.45, 7) is 1.29. The van der Waals surface area contributed by atoms with E-state index in [4.69, 9.17) is 9.51 Å². The van der Waals surface area contributed by atoms with Crippen LogP contribution in [0.25, 0.3) is 11.5 Å². The third kappa shape index (κ3) is 3.72. The first kappa shape index (κ1) is 18.9. The zero-order valence-electron chi connectivity index (χ0n) is 16.6. The molecule has 2 aliphatic rings. The summed E-state index contributed by atoms with van der Waals surface area (Å²) in [6, 6.07) is 9.55. The lowest BCUT2D eigenvalue weighted by Crippen LogP contribution is -2.49. The standard InChI is InChI=1S/C23H23FN4O2/c24-19-6-4-17(5-7-19)20-26-22(27-30-20)23(14-16-2-3-16)10-1-13-28(15-23)21(29)18-8-11-25-12-9-18/h4-9,11-12,16H,1-3,10,13-15H2. The van der Waals surface area contributed by atoms with Gasteiger partial charge < -0.3 is 9.42 Å². The molecule has 5 rings (SSSR count). The number of piperidine rings is 1. The second-order valence-electron chi connectivity index (χ2n) is 8.42. The van der Waals surface area contributed by atoms with Crippen LogP contribution in [-0.2, 0) is 5.41 Å². The van der Waals surface area contributed by atoms with E-state index in [1.54, 1.807) is 36.7 Å². The molecule has 0 bridgehead atoms. The van der Waals surface area contributed by atoms with Crippen molar-refractivity contribution < 1.29 is 13.7 Å². The van der Waals surface area contributed by atoms with Gasteiger partial charge >= 0.3 is 0 Å². The Morgan fingerprint density at radius 3 is 2.67 bits per heavy atom. The molecule has 1 aliphatic heterocycles. The molecule has 1 aliphatic carbocycles. The summed E-state index contributed by atoms with van der Waals surface area (Å²) in [5.41, 5.74) is 1.02. The number of halogens is 1. The predicted molar refractivity (Wildman–Crippen MR) is 108 cm³/mol. The zero-order chi connectivity index (χ0) is 20.6. The molecule has 0 spiro atoms. The van der Waals surface area contributed by atoms with Crippen LogP contribution >= 0.6 is 0 Å². The summed E-state index contributed by atoms with van der Waals surface area (Å²) in [5, 5.41) is 4.33. The van der Waals surface area contributed by atoms with Crippen LogP contribution in [0.4, 0.5) is 4.39 Å². The van der Waals surface area contributed by atoms with Gasteiger partial charge in [-0.1, -0.05) is 18.0 Å². The Bertz CT molecular complexity index is 1030. The lowest BCUT2D eigenvalue weighted by Gasteiger charge is -2.41. The van der Waals surface area contributed by atoms with E-state index in [-0.39, 0.29) is 17.1 Å². The molecule has 154 valence electrons. The van der Waals surface area contributed by atoms with Crippen molar-refractivity contribution in [3.63, 3.8) is 0 Å². The molecule has 2 fully saturated rings. The van der Waals surface area contributed by atoms with Crippen molar-refractivity contribution in [3.8, 4) is 11.5 Å². The van der Waals surface area contributed by atoms with E-state index >= 15 is 0 Å². The number of rotatable bonds is 5. The van der Waals surface area contributed by atoms with Gasteiger partial charge in [-0.2, -0.15) is 4.98 Å². The molecule has 1 unspecified atom stereocenters. The predicted octanol–water partition coefficient (Wildman–Crippen LogP) is 4.24. The molecule has 1 saturated carbocycles. The van der Waals surface area contributed by atoms with Gasteiger partial charge in [-0.15, -0.1) is 0 Å². The Labute approximate surface area is 174 Å². The summed E-state index contributed by atoms with van der Waals surface area (Å²) >= 11 is 0. The minimum atomic E-state index is -0.316. The number of amides is 1. The maximum atomic E-state index is 13.3. The molecular formula is C23H23FN4O2. The highest BCUT2D eigenvalue weighted by molar-refractivity contribution is 5.94. The van der Waals surface area contributed by atoms with Crippen LogP contribution in [0, 0.1) is 11.7 Å². The largest absolute Gasteiger partial charge is 0.338 e. The smallest absolute Gasteiger partial charge is 0.257 e. The summed E-state index contributed by atoms with van der Waals surface area (Å²) in [5.74, 6) is 1.40. The Kier molecular flexibility index (Phi) is 4.81. The maximum Gasteiger partial charge on any atom is 0.257 e. The summed E-state index contributed by atoms with van der Waals surface area (Å²) in [7, 11) is 0. The molecular weight excluding hydrogens is 383 g/mol. The summed E-state index contributed by atoms with van der Waals surface area (Å²) in [4.78, 5) is 23.7. The van der Waals surface area contributed by atoms with Crippen LogP contribution in [0.15, 0.2) is 53.3 Å². The maximum absolute atomic E-state index is 13.3. The van der Waals surface area contributed by atoms with Crippen LogP contribution in [0.2, 0.25) is 0 Å². The van der Waals surface area contributed by atoms with E-state index in [2.05, 4.69) is 10.1 Å². The number of benzene rings is 1. The molecule has 1 amide bonds. The Hall–Kier alpha value is -3.09. The summed E-state index contributed by atoms with van der Waals surface area (Å²) < 4.78 is 18.8. The van der Waals surface area contributed by atoms with E-state index < -0.39 is 0 Å². The minimum absolute atomic E-state index is 0.0134. The third-order valence-corrected chi connectivity index (χ3v) is 6.16. The quantitative estimate of drug-likeness (QED) is 0.634. The topological polar surface area (TPSA) is 72.1 Å². The van der Waals surface area contributed by atoms with Crippen molar-refractivity contribution in [2.45, 2.75) is 37.5 Å². The second-order valence-corrected chi connectivity index (χ2v) is 8.42. The number of nitrogens with zero attached hydrogens (tertiary/aromatic N) is 4. The third-order valence-electron chi connectivity index (χ3n) is 6.16. The van der Waals surface area contributed by atoms with Crippen molar-refractivity contribution in [3.05, 3.63) is 66.0 Å². The fraction of sp³-hybridized carbons (Fsp3) is 0.391. The van der Waals surface area contributed by atoms with Crippen LogP contribution in [0.3, 0.4) is 0 Å². The van der Waals surface area contributed by atoms with Gasteiger partial charge in [-0.05, 0) is 61.6 Å². The van der Waals surface area contributed by atoms with Gasteiger partial charge in [0.15, 0.2) is 5.82 Å². The molecule has 30 heavy (non-hydrogen) atoms. The number of hydrogen-bond donors (Lipinski definition) is 0. The molecule has 1 aromatic carbocycles. The van der Waals surface area contributed by atoms with Gasteiger partial charge in [-0.25, -0.2) is 4.39 Å². The van der Waals surface area contributed by atoms with Gasteiger partial charge in [0.1, 0.15) is 5.82 Å². The van der Waals surface area contributed by atoms with Crippen molar-refractivity contribution >= 4 is 5.91 Å². The van der Waals surface area contributed by atoms with Crippen LogP contribution in [0.1, 0.15) is 48.3 Å². The fourth-order valence-electron chi connectivity index (χ4n) is 4.45. The van der Waals surface area contributed by atoms with Gasteiger partial charge in [0.25, 0.3) is 11.8 Å². The summed E-state index contributed by atoms with van der Waals surface area (Å²) in [6.07, 6.45) is 8.47. The number of likely N-dealkylation sites (tertiary alicyclic amines) is 1. The van der Waals surface area contributed by atoms with Crippen LogP contribution in [-0.4, -0.2) is 39.0 Å². The Morgan fingerprint density at radius 1 is 1.17 bits per heavy atom. The number of carbonyl (C=O) groups excluding carboxylic acids is 1. The highest BCUT2D eigenvalue weighted by Crippen LogP contribution is 2.46. The minimum Gasteiger partial charge on any atom is -0.338 e. The van der Waals surface area contributed by atoms with E-state index in [1.165, 1.54) is 25.0 Å². The monoisotopic (exact) mass is 406 g/mol. The van der Waals surface area contributed by atoms with Crippen molar-refractivity contribution in [2.75, 3.05) is 13.1 Å². The van der Waals surface area contributed by atoms with Gasteiger partial charge in [-0.3, -0.25) is 9.78 Å². The highest BCUT2D eigenvalue weighted by atomic mass is 19.1. The van der Waals surface area contributed by atoms with Gasteiger partial charge in [0.05, 0.1) is 5.41 Å². The van der Waals surface area contributed by atoms with E-state index in [0.29, 0.717) is 35.3 Å². The Morgan fingerprint density at radius 2 is 1.93 bits per heavy atom.